The van der Waals surface area contributed by atoms with Crippen molar-refractivity contribution in [3.8, 4) is 0 Å². The molecule has 2 aromatic rings. The number of nitrogens with two attached hydrogens (primary N) is 1. The van der Waals surface area contributed by atoms with Crippen molar-refractivity contribution in [3.05, 3.63) is 41.2 Å². The Balaban J connectivity index is 2.04. The van der Waals surface area contributed by atoms with E-state index in [0.29, 0.717) is 5.82 Å². The van der Waals surface area contributed by atoms with Gasteiger partial charge < -0.3 is 10.3 Å². The molecule has 0 bridgehead atoms. The minimum absolute atomic E-state index is 0.148. The summed E-state index contributed by atoms with van der Waals surface area (Å²) in [5, 5.41) is 3.89. The first-order valence-electron chi connectivity index (χ1n) is 5.01. The minimum atomic E-state index is 0.148. The molecule has 0 fully saturated rings. The highest BCUT2D eigenvalue weighted by Gasteiger charge is 2.27. The number of nitrogen functional groups attached to an aromatic ring is 1. The van der Waals surface area contributed by atoms with Crippen molar-refractivity contribution in [1.29, 1.82) is 0 Å². The molecular formula is C11H11N3O. The number of aromatic nitrogens is 2. The summed E-state index contributed by atoms with van der Waals surface area (Å²) in [4.78, 5) is 4.09. The number of aryl methyl sites for hydroxylation is 1. The lowest BCUT2D eigenvalue weighted by Gasteiger charge is -2.04. The number of rotatable bonds is 1. The Bertz CT molecular complexity index is 492. The molecule has 2 N–H and O–H groups in total. The van der Waals surface area contributed by atoms with Gasteiger partial charge in [0.15, 0.2) is 5.82 Å². The van der Waals surface area contributed by atoms with Crippen LogP contribution in [-0.2, 0) is 6.42 Å². The van der Waals surface area contributed by atoms with Crippen molar-refractivity contribution >= 4 is 6.01 Å². The van der Waals surface area contributed by atoms with Gasteiger partial charge in [-0.1, -0.05) is 29.4 Å². The smallest absolute Gasteiger partial charge is 0.318 e. The first kappa shape index (κ1) is 8.47. The maximum atomic E-state index is 5.43. The first-order chi connectivity index (χ1) is 7.34. The molecule has 4 nitrogen and oxygen atoms in total. The van der Waals surface area contributed by atoms with Gasteiger partial charge >= 0.3 is 6.01 Å². The number of hydrogen-bond donors (Lipinski definition) is 1. The second-order valence-electron chi connectivity index (χ2n) is 3.78. The average Bonchev–Trinajstić information content (AvgIpc) is 2.83. The number of hydrogen-bond acceptors (Lipinski definition) is 4. The number of fused-ring (bicyclic) bond motifs is 1. The van der Waals surface area contributed by atoms with Crippen LogP contribution in [0.3, 0.4) is 0 Å². The van der Waals surface area contributed by atoms with Gasteiger partial charge in [-0.05, 0) is 24.0 Å². The minimum Gasteiger partial charge on any atom is -0.351 e. The van der Waals surface area contributed by atoms with E-state index in [4.69, 9.17) is 10.3 Å². The van der Waals surface area contributed by atoms with Gasteiger partial charge in [0.2, 0.25) is 0 Å². The van der Waals surface area contributed by atoms with Crippen molar-refractivity contribution in [2.75, 3.05) is 5.73 Å². The number of nitrogens with zero attached hydrogens (tertiary/aromatic N) is 2. The summed E-state index contributed by atoms with van der Waals surface area (Å²) in [6, 6.07) is 8.53. The van der Waals surface area contributed by atoms with Gasteiger partial charge in [0, 0.05) is 5.92 Å². The lowest BCUT2D eigenvalue weighted by Crippen LogP contribution is -1.98. The van der Waals surface area contributed by atoms with Crippen LogP contribution in [0, 0.1) is 0 Å². The standard InChI is InChI=1S/C11H11N3O/c12-11-13-10(14-15-11)9-6-5-7-3-1-2-4-8(7)9/h1-4,9H,5-6H2,(H2,12,13,14). The SMILES string of the molecule is Nc1nc(C2CCc3ccccc32)no1. The Morgan fingerprint density at radius 2 is 2.20 bits per heavy atom. The lowest BCUT2D eigenvalue weighted by atomic mass is 10.0. The molecule has 1 aliphatic carbocycles. The van der Waals surface area contributed by atoms with Crippen molar-refractivity contribution in [2.45, 2.75) is 18.8 Å². The fourth-order valence-electron chi connectivity index (χ4n) is 2.21. The Morgan fingerprint density at radius 3 is 3.00 bits per heavy atom. The monoisotopic (exact) mass is 201 g/mol. The zero-order valence-corrected chi connectivity index (χ0v) is 8.18. The van der Waals surface area contributed by atoms with Crippen LogP contribution in [0.2, 0.25) is 0 Å². The summed E-state index contributed by atoms with van der Waals surface area (Å²) in [5.74, 6) is 0.958. The molecule has 1 unspecified atom stereocenters. The predicted molar refractivity (Wildman–Crippen MR) is 55.3 cm³/mol. The summed E-state index contributed by atoms with van der Waals surface area (Å²) in [6.07, 6.45) is 2.12. The maximum absolute atomic E-state index is 5.43. The van der Waals surface area contributed by atoms with E-state index in [2.05, 4.69) is 28.3 Å². The van der Waals surface area contributed by atoms with Gasteiger partial charge in [-0.2, -0.15) is 4.98 Å². The summed E-state index contributed by atoms with van der Waals surface area (Å²) >= 11 is 0. The van der Waals surface area contributed by atoms with E-state index >= 15 is 0 Å². The fraction of sp³-hybridized carbons (Fsp3) is 0.273. The molecule has 1 aromatic heterocycles. The summed E-state index contributed by atoms with van der Waals surface area (Å²) in [7, 11) is 0. The fourth-order valence-corrected chi connectivity index (χ4v) is 2.21. The third-order valence-corrected chi connectivity index (χ3v) is 2.90. The summed E-state index contributed by atoms with van der Waals surface area (Å²) in [6.45, 7) is 0. The molecule has 15 heavy (non-hydrogen) atoms. The van der Waals surface area contributed by atoms with Crippen LogP contribution in [0.1, 0.15) is 29.3 Å². The Labute approximate surface area is 87.1 Å². The molecule has 4 heteroatoms. The third kappa shape index (κ3) is 1.29. The highest BCUT2D eigenvalue weighted by molar-refractivity contribution is 5.38. The van der Waals surface area contributed by atoms with Crippen LogP contribution in [0.4, 0.5) is 6.01 Å². The first-order valence-corrected chi connectivity index (χ1v) is 5.01. The number of benzene rings is 1. The predicted octanol–water partition coefficient (Wildman–Crippen LogP) is 1.73. The molecule has 76 valence electrons. The lowest BCUT2D eigenvalue weighted by molar-refractivity contribution is 0.423. The largest absolute Gasteiger partial charge is 0.351 e. The highest BCUT2D eigenvalue weighted by Crippen LogP contribution is 2.36. The average molecular weight is 201 g/mol. The molecule has 0 spiro atoms. The second-order valence-corrected chi connectivity index (χ2v) is 3.78. The van der Waals surface area contributed by atoms with Gasteiger partial charge in [-0.25, -0.2) is 0 Å². The summed E-state index contributed by atoms with van der Waals surface area (Å²) in [5.41, 5.74) is 8.11. The molecule has 0 saturated carbocycles. The molecule has 1 heterocycles. The molecule has 1 aromatic carbocycles. The second kappa shape index (κ2) is 3.08. The molecule has 1 atom stereocenters. The van der Waals surface area contributed by atoms with E-state index in [1.54, 1.807) is 0 Å². The van der Waals surface area contributed by atoms with Gasteiger partial charge in [0.05, 0.1) is 0 Å². The van der Waals surface area contributed by atoms with Crippen LogP contribution in [0.25, 0.3) is 0 Å². The zero-order valence-electron chi connectivity index (χ0n) is 8.18. The maximum Gasteiger partial charge on any atom is 0.318 e. The van der Waals surface area contributed by atoms with Gasteiger partial charge in [0.1, 0.15) is 0 Å². The molecule has 0 amide bonds. The summed E-state index contributed by atoms with van der Waals surface area (Å²) < 4.78 is 4.81. The van der Waals surface area contributed by atoms with E-state index in [-0.39, 0.29) is 11.9 Å². The molecular weight excluding hydrogens is 190 g/mol. The van der Waals surface area contributed by atoms with Gasteiger partial charge in [-0.3, -0.25) is 0 Å². The zero-order chi connectivity index (χ0) is 10.3. The Kier molecular flexibility index (Phi) is 1.74. The van der Waals surface area contributed by atoms with Crippen molar-refractivity contribution in [1.82, 2.24) is 10.1 Å². The third-order valence-electron chi connectivity index (χ3n) is 2.90. The molecule has 3 rings (SSSR count). The molecule has 0 saturated heterocycles. The molecule has 0 radical (unpaired) electrons. The van der Waals surface area contributed by atoms with Crippen LogP contribution < -0.4 is 5.73 Å². The van der Waals surface area contributed by atoms with E-state index in [0.717, 1.165) is 12.8 Å². The van der Waals surface area contributed by atoms with Crippen molar-refractivity contribution in [3.63, 3.8) is 0 Å². The normalized spacial score (nSPS) is 19.1. The van der Waals surface area contributed by atoms with Crippen molar-refractivity contribution < 1.29 is 4.52 Å². The van der Waals surface area contributed by atoms with Gasteiger partial charge in [-0.15, -0.1) is 0 Å². The van der Waals surface area contributed by atoms with E-state index in [1.165, 1.54) is 11.1 Å². The quantitative estimate of drug-likeness (QED) is 0.763. The van der Waals surface area contributed by atoms with E-state index in [1.807, 2.05) is 6.07 Å². The Morgan fingerprint density at radius 1 is 1.33 bits per heavy atom. The highest BCUT2D eigenvalue weighted by atomic mass is 16.5. The Hall–Kier alpha value is -1.84. The molecule has 1 aliphatic rings. The van der Waals surface area contributed by atoms with E-state index < -0.39 is 0 Å². The van der Waals surface area contributed by atoms with Crippen LogP contribution in [0.5, 0.6) is 0 Å². The van der Waals surface area contributed by atoms with Crippen LogP contribution in [-0.4, -0.2) is 10.1 Å². The molecule has 0 aliphatic heterocycles. The van der Waals surface area contributed by atoms with Crippen LogP contribution >= 0.6 is 0 Å². The number of anilines is 1. The topological polar surface area (TPSA) is 64.9 Å². The van der Waals surface area contributed by atoms with E-state index in [9.17, 15) is 0 Å². The van der Waals surface area contributed by atoms with Gasteiger partial charge in [0.25, 0.3) is 0 Å². The van der Waals surface area contributed by atoms with Crippen LogP contribution in [0.15, 0.2) is 28.8 Å². The van der Waals surface area contributed by atoms with Crippen molar-refractivity contribution in [2.24, 2.45) is 0 Å².